The first kappa shape index (κ1) is 11.8. The van der Waals surface area contributed by atoms with Gasteiger partial charge in [0, 0.05) is 0 Å². The zero-order valence-electron chi connectivity index (χ0n) is 9.73. The van der Waals surface area contributed by atoms with Crippen LogP contribution in [0.25, 0.3) is 0 Å². The van der Waals surface area contributed by atoms with Crippen LogP contribution in [0.4, 0.5) is 4.79 Å². The average molecular weight is 215 g/mol. The molecular formula is C10H17NO4. The number of carbonyl (C=O) groups is 2. The van der Waals surface area contributed by atoms with Gasteiger partial charge in [0.2, 0.25) is 0 Å². The van der Waals surface area contributed by atoms with E-state index in [4.69, 9.17) is 4.74 Å². The quantitative estimate of drug-likeness (QED) is 0.486. The molecule has 1 aliphatic rings. The van der Waals surface area contributed by atoms with Gasteiger partial charge >= 0.3 is 12.1 Å². The Labute approximate surface area is 89.3 Å². The minimum absolute atomic E-state index is 0.132. The van der Waals surface area contributed by atoms with Crippen molar-refractivity contribution in [2.24, 2.45) is 0 Å². The lowest BCUT2D eigenvalue weighted by molar-refractivity contribution is -0.140. The Bertz CT molecular complexity index is 282. The largest absolute Gasteiger partial charge is 0.467 e. The van der Waals surface area contributed by atoms with Crippen molar-refractivity contribution in [1.82, 2.24) is 4.90 Å². The lowest BCUT2D eigenvalue weighted by atomic mass is 10.2. The molecule has 1 aliphatic heterocycles. The summed E-state index contributed by atoms with van der Waals surface area (Å²) < 4.78 is 9.70. The summed E-state index contributed by atoms with van der Waals surface area (Å²) in [6.45, 7) is 7.14. The highest BCUT2D eigenvalue weighted by Gasteiger charge is 2.55. The third-order valence-corrected chi connectivity index (χ3v) is 2.15. The highest BCUT2D eigenvalue weighted by Crippen LogP contribution is 2.30. The van der Waals surface area contributed by atoms with Crippen LogP contribution < -0.4 is 0 Å². The summed E-state index contributed by atoms with van der Waals surface area (Å²) in [5, 5.41) is 0. The van der Waals surface area contributed by atoms with Crippen LogP contribution in [-0.2, 0) is 14.3 Å². The fraction of sp³-hybridized carbons (Fsp3) is 0.800. The van der Waals surface area contributed by atoms with Gasteiger partial charge < -0.3 is 9.47 Å². The molecule has 0 radical (unpaired) electrons. The fourth-order valence-corrected chi connectivity index (χ4v) is 1.37. The summed E-state index contributed by atoms with van der Waals surface area (Å²) in [6.07, 6.45) is -0.467. The summed E-state index contributed by atoms with van der Waals surface area (Å²) in [6, 6.07) is -0.614. The first-order valence-corrected chi connectivity index (χ1v) is 4.87. The fourth-order valence-electron chi connectivity index (χ4n) is 1.37. The monoisotopic (exact) mass is 215 g/mol. The number of nitrogens with zero attached hydrogens (tertiary/aromatic N) is 1. The number of hydrogen-bond acceptors (Lipinski definition) is 4. The molecule has 0 aromatic heterocycles. The molecule has 0 aliphatic carbocycles. The summed E-state index contributed by atoms with van der Waals surface area (Å²) >= 11 is 0. The van der Waals surface area contributed by atoms with Crippen LogP contribution in [0, 0.1) is 0 Å². The van der Waals surface area contributed by atoms with Crippen molar-refractivity contribution in [3.05, 3.63) is 0 Å². The van der Waals surface area contributed by atoms with Crippen LogP contribution in [0.1, 0.15) is 27.7 Å². The number of methoxy groups -OCH3 is 1. The molecule has 0 aromatic carbocycles. The zero-order valence-corrected chi connectivity index (χ0v) is 9.73. The Morgan fingerprint density at radius 3 is 2.20 bits per heavy atom. The molecule has 1 saturated heterocycles. The normalized spacial score (nSPS) is 24.7. The number of rotatable bonds is 1. The SMILES string of the molecule is COC(=O)[C@@H]1[C@H](C)N1C(=O)OC(C)(C)C. The standard InChI is InChI=1S/C10H17NO4/c1-6-7(8(12)14-5)11(6)9(13)15-10(2,3)4/h6-7H,1-5H3/t6-,7-,11?/m0/s1. The van der Waals surface area contributed by atoms with Crippen LogP contribution in [0.3, 0.4) is 0 Å². The Morgan fingerprint density at radius 2 is 1.80 bits per heavy atom. The molecule has 1 rings (SSSR count). The third-order valence-electron chi connectivity index (χ3n) is 2.15. The maximum Gasteiger partial charge on any atom is 0.411 e. The van der Waals surface area contributed by atoms with E-state index in [9.17, 15) is 9.59 Å². The molecule has 0 aromatic rings. The topological polar surface area (TPSA) is 55.6 Å². The first-order chi connectivity index (χ1) is 6.78. The number of hydrogen-bond donors (Lipinski definition) is 0. The Hall–Kier alpha value is -1.26. The van der Waals surface area contributed by atoms with E-state index in [-0.39, 0.29) is 6.04 Å². The predicted molar refractivity (Wildman–Crippen MR) is 53.3 cm³/mol. The summed E-state index contributed by atoms with van der Waals surface area (Å²) in [4.78, 5) is 24.1. The molecule has 0 unspecified atom stereocenters. The number of carbonyl (C=O) groups excluding carboxylic acids is 2. The molecule has 5 nitrogen and oxygen atoms in total. The zero-order chi connectivity index (χ0) is 11.8. The van der Waals surface area contributed by atoms with Crippen LogP contribution >= 0.6 is 0 Å². The highest BCUT2D eigenvalue weighted by molar-refractivity contribution is 5.88. The molecule has 2 atom stereocenters. The maximum absolute atomic E-state index is 11.6. The van der Waals surface area contributed by atoms with E-state index < -0.39 is 23.7 Å². The predicted octanol–water partition coefficient (Wildman–Crippen LogP) is 1.17. The van der Waals surface area contributed by atoms with Gasteiger partial charge in [0.1, 0.15) is 5.60 Å². The van der Waals surface area contributed by atoms with E-state index in [0.717, 1.165) is 0 Å². The maximum atomic E-state index is 11.6. The molecule has 1 fully saturated rings. The van der Waals surface area contributed by atoms with E-state index in [2.05, 4.69) is 4.74 Å². The van der Waals surface area contributed by atoms with Gasteiger partial charge in [-0.25, -0.2) is 9.59 Å². The van der Waals surface area contributed by atoms with Crippen molar-refractivity contribution in [3.8, 4) is 0 Å². The molecule has 0 spiro atoms. The molecule has 15 heavy (non-hydrogen) atoms. The second kappa shape index (κ2) is 3.72. The number of amides is 1. The second-order valence-electron chi connectivity index (χ2n) is 4.60. The van der Waals surface area contributed by atoms with Crippen molar-refractivity contribution in [1.29, 1.82) is 0 Å². The average Bonchev–Trinajstić information content (AvgIpc) is 2.73. The minimum atomic E-state index is -0.542. The Morgan fingerprint density at radius 1 is 1.27 bits per heavy atom. The van der Waals surface area contributed by atoms with Gasteiger partial charge in [0.05, 0.1) is 13.2 Å². The van der Waals surface area contributed by atoms with Crippen molar-refractivity contribution in [3.63, 3.8) is 0 Å². The van der Waals surface area contributed by atoms with Crippen molar-refractivity contribution < 1.29 is 19.1 Å². The van der Waals surface area contributed by atoms with Gasteiger partial charge in [0.25, 0.3) is 0 Å². The minimum Gasteiger partial charge on any atom is -0.467 e. The van der Waals surface area contributed by atoms with E-state index in [1.165, 1.54) is 12.0 Å². The molecule has 86 valence electrons. The van der Waals surface area contributed by atoms with E-state index in [1.54, 1.807) is 27.7 Å². The summed E-state index contributed by atoms with van der Waals surface area (Å²) in [5.74, 6) is -0.395. The molecule has 1 amide bonds. The Balaban J connectivity index is 2.54. The lowest BCUT2D eigenvalue weighted by Gasteiger charge is -2.19. The number of esters is 1. The van der Waals surface area contributed by atoms with Gasteiger partial charge in [-0.1, -0.05) is 0 Å². The van der Waals surface area contributed by atoms with Crippen LogP contribution in [0.2, 0.25) is 0 Å². The van der Waals surface area contributed by atoms with Crippen molar-refractivity contribution in [2.75, 3.05) is 7.11 Å². The van der Waals surface area contributed by atoms with E-state index in [0.29, 0.717) is 0 Å². The number of ether oxygens (including phenoxy) is 2. The molecule has 0 bridgehead atoms. The molecule has 5 heteroatoms. The lowest BCUT2D eigenvalue weighted by Crippen LogP contribution is -2.29. The molecule has 0 N–H and O–H groups in total. The highest BCUT2D eigenvalue weighted by atomic mass is 16.6. The van der Waals surface area contributed by atoms with Gasteiger partial charge in [-0.15, -0.1) is 0 Å². The molecular weight excluding hydrogens is 198 g/mol. The Kier molecular flexibility index (Phi) is 2.93. The third kappa shape index (κ3) is 2.61. The van der Waals surface area contributed by atoms with Gasteiger partial charge in [0.15, 0.2) is 6.04 Å². The van der Waals surface area contributed by atoms with Gasteiger partial charge in [-0.05, 0) is 27.7 Å². The molecule has 0 saturated carbocycles. The second-order valence-corrected chi connectivity index (χ2v) is 4.60. The summed E-state index contributed by atoms with van der Waals surface area (Å²) in [5.41, 5.74) is -0.542. The smallest absolute Gasteiger partial charge is 0.411 e. The van der Waals surface area contributed by atoms with Gasteiger partial charge in [-0.3, -0.25) is 4.90 Å². The van der Waals surface area contributed by atoms with Crippen molar-refractivity contribution in [2.45, 2.75) is 45.4 Å². The van der Waals surface area contributed by atoms with Crippen LogP contribution in [0.5, 0.6) is 0 Å². The summed E-state index contributed by atoms with van der Waals surface area (Å²) in [7, 11) is 1.31. The van der Waals surface area contributed by atoms with Crippen molar-refractivity contribution >= 4 is 12.1 Å². The molecule has 1 heterocycles. The van der Waals surface area contributed by atoms with Crippen LogP contribution in [-0.4, -0.2) is 41.8 Å². The van der Waals surface area contributed by atoms with Gasteiger partial charge in [-0.2, -0.15) is 0 Å². The van der Waals surface area contributed by atoms with E-state index in [1.807, 2.05) is 0 Å². The van der Waals surface area contributed by atoms with Crippen LogP contribution in [0.15, 0.2) is 0 Å². The first-order valence-electron chi connectivity index (χ1n) is 4.87. The van der Waals surface area contributed by atoms with E-state index >= 15 is 0 Å².